The van der Waals surface area contributed by atoms with Crippen molar-refractivity contribution < 1.29 is 4.79 Å². The molecular formula is C11H13N3OS. The summed E-state index contributed by atoms with van der Waals surface area (Å²) in [5, 5.41) is 5.52. The maximum atomic E-state index is 11.7. The number of hydrogen-bond donors (Lipinski definition) is 1. The van der Waals surface area contributed by atoms with Crippen molar-refractivity contribution in [2.45, 2.75) is 13.5 Å². The number of aromatic nitrogens is 2. The predicted molar refractivity (Wildman–Crippen MR) is 63.4 cm³/mol. The summed E-state index contributed by atoms with van der Waals surface area (Å²) in [6.07, 6.45) is 1.95. The lowest BCUT2D eigenvalue weighted by Gasteiger charge is -2.04. The van der Waals surface area contributed by atoms with Gasteiger partial charge < -0.3 is 9.88 Å². The lowest BCUT2D eigenvalue weighted by Crippen LogP contribution is -2.24. The van der Waals surface area contributed by atoms with Gasteiger partial charge in [0.05, 0.1) is 11.6 Å². The van der Waals surface area contributed by atoms with Crippen molar-refractivity contribution in [3.8, 4) is 0 Å². The SMILES string of the molecule is Cc1nc(C(=O)NCc2cccn2C)cs1. The van der Waals surface area contributed by atoms with Gasteiger partial charge in [0.15, 0.2) is 0 Å². The van der Waals surface area contributed by atoms with Gasteiger partial charge >= 0.3 is 0 Å². The lowest BCUT2D eigenvalue weighted by molar-refractivity contribution is 0.0945. The van der Waals surface area contributed by atoms with E-state index in [1.54, 1.807) is 5.38 Å². The van der Waals surface area contributed by atoms with E-state index in [1.807, 2.05) is 36.9 Å². The minimum Gasteiger partial charge on any atom is -0.353 e. The molecule has 1 amide bonds. The summed E-state index contributed by atoms with van der Waals surface area (Å²) >= 11 is 1.48. The minimum absolute atomic E-state index is 0.120. The Kier molecular flexibility index (Phi) is 3.05. The van der Waals surface area contributed by atoms with E-state index in [1.165, 1.54) is 11.3 Å². The molecule has 2 rings (SSSR count). The number of rotatable bonds is 3. The summed E-state index contributed by atoms with van der Waals surface area (Å²) in [6, 6.07) is 3.93. The highest BCUT2D eigenvalue weighted by atomic mass is 32.1. The van der Waals surface area contributed by atoms with Crippen molar-refractivity contribution in [2.75, 3.05) is 0 Å². The molecule has 16 heavy (non-hydrogen) atoms. The summed E-state index contributed by atoms with van der Waals surface area (Å²) in [5.74, 6) is -0.120. The van der Waals surface area contributed by atoms with Crippen LogP contribution in [0.3, 0.4) is 0 Å². The van der Waals surface area contributed by atoms with E-state index < -0.39 is 0 Å². The molecule has 2 aromatic heterocycles. The molecule has 0 aliphatic carbocycles. The molecule has 0 fully saturated rings. The van der Waals surface area contributed by atoms with E-state index in [2.05, 4.69) is 10.3 Å². The van der Waals surface area contributed by atoms with E-state index in [0.717, 1.165) is 10.7 Å². The standard InChI is InChI=1S/C11H13N3OS/c1-8-13-10(7-16-8)11(15)12-6-9-4-3-5-14(9)2/h3-5,7H,6H2,1-2H3,(H,12,15). The molecular weight excluding hydrogens is 222 g/mol. The van der Waals surface area contributed by atoms with Gasteiger partial charge in [-0.3, -0.25) is 4.79 Å². The molecule has 2 heterocycles. The van der Waals surface area contributed by atoms with Crippen LogP contribution in [0, 0.1) is 6.92 Å². The van der Waals surface area contributed by atoms with Crippen LogP contribution in [0.1, 0.15) is 21.2 Å². The first-order chi connectivity index (χ1) is 7.66. The molecule has 4 nitrogen and oxygen atoms in total. The fourth-order valence-corrected chi connectivity index (χ4v) is 2.00. The molecule has 0 spiro atoms. The number of carbonyl (C=O) groups excluding carboxylic acids is 1. The second-order valence-corrected chi connectivity index (χ2v) is 4.61. The first-order valence-corrected chi connectivity index (χ1v) is 5.85. The van der Waals surface area contributed by atoms with Crippen molar-refractivity contribution in [2.24, 2.45) is 7.05 Å². The predicted octanol–water partition coefficient (Wildman–Crippen LogP) is 1.72. The summed E-state index contributed by atoms with van der Waals surface area (Å²) in [7, 11) is 1.95. The molecule has 84 valence electrons. The first-order valence-electron chi connectivity index (χ1n) is 4.97. The zero-order valence-corrected chi connectivity index (χ0v) is 10.0. The van der Waals surface area contributed by atoms with Crippen LogP contribution in [0.2, 0.25) is 0 Å². The van der Waals surface area contributed by atoms with Gasteiger partial charge in [-0.1, -0.05) is 0 Å². The number of thiazole rings is 1. The third-order valence-corrected chi connectivity index (χ3v) is 3.11. The van der Waals surface area contributed by atoms with Crippen molar-refractivity contribution in [1.82, 2.24) is 14.9 Å². The van der Waals surface area contributed by atoms with Gasteiger partial charge in [0.1, 0.15) is 5.69 Å². The van der Waals surface area contributed by atoms with Crippen LogP contribution in [-0.2, 0) is 13.6 Å². The van der Waals surface area contributed by atoms with Crippen LogP contribution in [0.4, 0.5) is 0 Å². The Morgan fingerprint density at radius 2 is 2.44 bits per heavy atom. The zero-order chi connectivity index (χ0) is 11.5. The second kappa shape index (κ2) is 4.49. The highest BCUT2D eigenvalue weighted by Gasteiger charge is 2.09. The molecule has 0 aromatic carbocycles. The molecule has 0 radical (unpaired) electrons. The van der Waals surface area contributed by atoms with Gasteiger partial charge in [-0.15, -0.1) is 11.3 Å². The van der Waals surface area contributed by atoms with Crippen molar-refractivity contribution in [3.63, 3.8) is 0 Å². The highest BCUT2D eigenvalue weighted by molar-refractivity contribution is 7.09. The van der Waals surface area contributed by atoms with Gasteiger partial charge in [-0.25, -0.2) is 4.98 Å². The van der Waals surface area contributed by atoms with Crippen LogP contribution in [0.15, 0.2) is 23.7 Å². The fourth-order valence-electron chi connectivity index (χ4n) is 1.41. The van der Waals surface area contributed by atoms with Crippen molar-refractivity contribution >= 4 is 17.2 Å². The highest BCUT2D eigenvalue weighted by Crippen LogP contribution is 2.08. The molecule has 0 saturated heterocycles. The van der Waals surface area contributed by atoms with Crippen molar-refractivity contribution in [3.05, 3.63) is 40.1 Å². The summed E-state index contributed by atoms with van der Waals surface area (Å²) in [6.45, 7) is 2.41. The number of aryl methyl sites for hydroxylation is 2. The topological polar surface area (TPSA) is 46.9 Å². The number of carbonyl (C=O) groups is 1. The van der Waals surface area contributed by atoms with Gasteiger partial charge in [-0.05, 0) is 19.1 Å². The number of amides is 1. The molecule has 0 aliphatic rings. The third kappa shape index (κ3) is 2.30. The van der Waals surface area contributed by atoms with Crippen LogP contribution in [0.5, 0.6) is 0 Å². The molecule has 0 atom stereocenters. The van der Waals surface area contributed by atoms with Gasteiger partial charge in [0, 0.05) is 24.3 Å². The molecule has 0 saturated carbocycles. The van der Waals surface area contributed by atoms with Crippen molar-refractivity contribution in [1.29, 1.82) is 0 Å². The van der Waals surface area contributed by atoms with E-state index >= 15 is 0 Å². The monoisotopic (exact) mass is 235 g/mol. The van der Waals surface area contributed by atoms with Crippen LogP contribution >= 0.6 is 11.3 Å². The normalized spacial score (nSPS) is 10.4. The minimum atomic E-state index is -0.120. The number of nitrogens with zero attached hydrogens (tertiary/aromatic N) is 2. The summed E-state index contributed by atoms with van der Waals surface area (Å²) in [4.78, 5) is 15.8. The molecule has 0 bridgehead atoms. The van der Waals surface area contributed by atoms with Crippen LogP contribution in [0.25, 0.3) is 0 Å². The Balaban J connectivity index is 1.96. The molecule has 0 unspecified atom stereocenters. The quantitative estimate of drug-likeness (QED) is 0.880. The smallest absolute Gasteiger partial charge is 0.271 e. The van der Waals surface area contributed by atoms with Gasteiger partial charge in [0.2, 0.25) is 0 Å². The number of nitrogens with one attached hydrogen (secondary N) is 1. The average Bonchev–Trinajstić information content (AvgIpc) is 2.84. The third-order valence-electron chi connectivity index (χ3n) is 2.33. The zero-order valence-electron chi connectivity index (χ0n) is 9.23. The second-order valence-electron chi connectivity index (χ2n) is 3.54. The largest absolute Gasteiger partial charge is 0.353 e. The van der Waals surface area contributed by atoms with Crippen LogP contribution < -0.4 is 5.32 Å². The Morgan fingerprint density at radius 1 is 1.62 bits per heavy atom. The van der Waals surface area contributed by atoms with Gasteiger partial charge in [0.25, 0.3) is 5.91 Å². The van der Waals surface area contributed by atoms with E-state index in [-0.39, 0.29) is 5.91 Å². The van der Waals surface area contributed by atoms with Gasteiger partial charge in [-0.2, -0.15) is 0 Å². The Bertz CT molecular complexity index is 501. The van der Waals surface area contributed by atoms with Crippen LogP contribution in [-0.4, -0.2) is 15.5 Å². The molecule has 2 aromatic rings. The Labute approximate surface area is 97.9 Å². The first kappa shape index (κ1) is 10.9. The number of hydrogen-bond acceptors (Lipinski definition) is 3. The maximum absolute atomic E-state index is 11.7. The Morgan fingerprint density at radius 3 is 3.00 bits per heavy atom. The summed E-state index contributed by atoms with van der Waals surface area (Å²) in [5.41, 5.74) is 1.57. The lowest BCUT2D eigenvalue weighted by atomic mass is 10.4. The molecule has 0 aliphatic heterocycles. The fraction of sp³-hybridized carbons (Fsp3) is 0.273. The Hall–Kier alpha value is -1.62. The molecule has 5 heteroatoms. The summed E-state index contributed by atoms with van der Waals surface area (Å²) < 4.78 is 1.98. The van der Waals surface area contributed by atoms with E-state index in [4.69, 9.17) is 0 Å². The molecule has 1 N–H and O–H groups in total. The van der Waals surface area contributed by atoms with E-state index in [0.29, 0.717) is 12.2 Å². The van der Waals surface area contributed by atoms with E-state index in [9.17, 15) is 4.79 Å². The average molecular weight is 235 g/mol. The maximum Gasteiger partial charge on any atom is 0.271 e.